The van der Waals surface area contributed by atoms with Crippen LogP contribution in [0.2, 0.25) is 0 Å². The number of nitrogens with zero attached hydrogens (tertiary/aromatic N) is 3. The molecule has 0 amide bonds. The lowest BCUT2D eigenvalue weighted by molar-refractivity contribution is 0.176. The van der Waals surface area contributed by atoms with Crippen molar-refractivity contribution in [2.24, 2.45) is 12.5 Å². The van der Waals surface area contributed by atoms with E-state index in [9.17, 15) is 0 Å². The molecule has 1 aromatic rings. The largest absolute Gasteiger partial charge is 0.313 e. The molecule has 0 aromatic carbocycles. The van der Waals surface area contributed by atoms with Crippen LogP contribution < -0.4 is 5.32 Å². The Labute approximate surface area is 114 Å². The summed E-state index contributed by atoms with van der Waals surface area (Å²) in [6.07, 6.45) is 5.52. The van der Waals surface area contributed by atoms with Gasteiger partial charge < -0.3 is 5.32 Å². The zero-order valence-corrected chi connectivity index (χ0v) is 12.6. The number of aryl methyl sites for hydroxylation is 1. The van der Waals surface area contributed by atoms with E-state index >= 15 is 0 Å². The van der Waals surface area contributed by atoms with Crippen molar-refractivity contribution >= 4 is 11.8 Å². The molecule has 4 nitrogen and oxygen atoms in total. The van der Waals surface area contributed by atoms with Crippen LogP contribution in [0.5, 0.6) is 0 Å². The summed E-state index contributed by atoms with van der Waals surface area (Å²) in [7, 11) is 1.96. The van der Waals surface area contributed by atoms with Gasteiger partial charge in [0.25, 0.3) is 0 Å². The number of rotatable bonds is 4. The van der Waals surface area contributed by atoms with Crippen LogP contribution in [-0.4, -0.2) is 32.6 Å². The van der Waals surface area contributed by atoms with Gasteiger partial charge in [0.05, 0.1) is 0 Å². The first kappa shape index (κ1) is 13.9. The predicted octanol–water partition coefficient (Wildman–Crippen LogP) is 2.46. The average Bonchev–Trinajstić information content (AvgIpc) is 2.69. The standard InChI is InChI=1S/C13H24N4S/c1-5-14-11-10(7-6-8-13(11,2)3)18-12-15-9-16-17(12)4/h9-11,14H,5-8H2,1-4H3. The van der Waals surface area contributed by atoms with Crippen LogP contribution in [0.4, 0.5) is 0 Å². The Morgan fingerprint density at radius 1 is 1.56 bits per heavy atom. The Kier molecular flexibility index (Phi) is 4.33. The second-order valence-corrected chi connectivity index (χ2v) is 6.95. The van der Waals surface area contributed by atoms with E-state index in [0.29, 0.717) is 16.7 Å². The van der Waals surface area contributed by atoms with Gasteiger partial charge in [-0.25, -0.2) is 9.67 Å². The molecule has 2 unspecified atom stereocenters. The Hall–Kier alpha value is -0.550. The monoisotopic (exact) mass is 268 g/mol. The molecule has 0 aliphatic heterocycles. The van der Waals surface area contributed by atoms with Crippen LogP contribution in [0.15, 0.2) is 11.5 Å². The highest BCUT2D eigenvalue weighted by Gasteiger charge is 2.39. The first-order valence-corrected chi connectivity index (χ1v) is 7.66. The van der Waals surface area contributed by atoms with E-state index in [0.717, 1.165) is 11.7 Å². The van der Waals surface area contributed by atoms with Gasteiger partial charge in [-0.15, -0.1) is 0 Å². The highest BCUT2D eigenvalue weighted by molar-refractivity contribution is 7.99. The van der Waals surface area contributed by atoms with Crippen LogP contribution in [0, 0.1) is 5.41 Å². The minimum atomic E-state index is 0.366. The highest BCUT2D eigenvalue weighted by atomic mass is 32.2. The lowest BCUT2D eigenvalue weighted by Crippen LogP contribution is -2.51. The number of hydrogen-bond acceptors (Lipinski definition) is 4. The van der Waals surface area contributed by atoms with Gasteiger partial charge in [0.1, 0.15) is 6.33 Å². The Morgan fingerprint density at radius 3 is 2.94 bits per heavy atom. The molecule has 0 saturated heterocycles. The van der Waals surface area contributed by atoms with E-state index in [1.807, 2.05) is 23.5 Å². The van der Waals surface area contributed by atoms with E-state index in [1.165, 1.54) is 19.3 Å². The third kappa shape index (κ3) is 2.88. The molecular formula is C13H24N4S. The van der Waals surface area contributed by atoms with Gasteiger partial charge in [-0.2, -0.15) is 5.10 Å². The number of nitrogens with one attached hydrogen (secondary N) is 1. The summed E-state index contributed by atoms with van der Waals surface area (Å²) < 4.78 is 1.87. The molecule has 18 heavy (non-hydrogen) atoms. The van der Waals surface area contributed by atoms with E-state index in [2.05, 4.69) is 36.2 Å². The van der Waals surface area contributed by atoms with E-state index in [4.69, 9.17) is 0 Å². The topological polar surface area (TPSA) is 42.7 Å². The minimum Gasteiger partial charge on any atom is -0.313 e. The Morgan fingerprint density at radius 2 is 2.33 bits per heavy atom. The molecule has 0 bridgehead atoms. The Bertz CT molecular complexity index is 388. The van der Waals surface area contributed by atoms with Crippen molar-refractivity contribution in [3.8, 4) is 0 Å². The van der Waals surface area contributed by atoms with Gasteiger partial charge in [-0.05, 0) is 24.8 Å². The molecule has 1 fully saturated rings. The SMILES string of the molecule is CCNC1C(Sc2ncnn2C)CCCC1(C)C. The first-order valence-electron chi connectivity index (χ1n) is 6.78. The van der Waals surface area contributed by atoms with Crippen molar-refractivity contribution in [3.05, 3.63) is 6.33 Å². The van der Waals surface area contributed by atoms with Crippen LogP contribution in [0.3, 0.4) is 0 Å². The minimum absolute atomic E-state index is 0.366. The zero-order valence-electron chi connectivity index (χ0n) is 11.8. The van der Waals surface area contributed by atoms with Gasteiger partial charge >= 0.3 is 0 Å². The maximum atomic E-state index is 4.34. The maximum Gasteiger partial charge on any atom is 0.186 e. The van der Waals surface area contributed by atoms with Crippen molar-refractivity contribution in [2.75, 3.05) is 6.54 Å². The maximum absolute atomic E-state index is 4.34. The van der Waals surface area contributed by atoms with Crippen LogP contribution >= 0.6 is 11.8 Å². The summed E-state index contributed by atoms with van der Waals surface area (Å²) in [6, 6.07) is 0.554. The number of aromatic nitrogens is 3. The van der Waals surface area contributed by atoms with Crippen molar-refractivity contribution < 1.29 is 0 Å². The molecule has 2 rings (SSSR count). The summed E-state index contributed by atoms with van der Waals surface area (Å²) in [5.41, 5.74) is 0.366. The van der Waals surface area contributed by atoms with E-state index in [1.54, 1.807) is 6.33 Å². The predicted molar refractivity (Wildman–Crippen MR) is 75.7 cm³/mol. The first-order chi connectivity index (χ1) is 8.54. The molecule has 102 valence electrons. The van der Waals surface area contributed by atoms with Crippen LogP contribution in [0.1, 0.15) is 40.0 Å². The molecule has 1 aliphatic carbocycles. The second kappa shape index (κ2) is 5.61. The van der Waals surface area contributed by atoms with Gasteiger partial charge in [-0.1, -0.05) is 39.0 Å². The van der Waals surface area contributed by atoms with Gasteiger partial charge in [-0.3, -0.25) is 0 Å². The molecule has 1 saturated carbocycles. The van der Waals surface area contributed by atoms with Gasteiger partial charge in [0, 0.05) is 18.3 Å². The smallest absolute Gasteiger partial charge is 0.186 e. The third-order valence-electron chi connectivity index (χ3n) is 3.87. The van der Waals surface area contributed by atoms with Crippen molar-refractivity contribution in [1.82, 2.24) is 20.1 Å². The molecule has 2 atom stereocenters. The number of thioether (sulfide) groups is 1. The summed E-state index contributed by atoms with van der Waals surface area (Å²) >= 11 is 1.88. The molecule has 1 heterocycles. The zero-order chi connectivity index (χ0) is 13.2. The molecule has 1 N–H and O–H groups in total. The molecule has 5 heteroatoms. The Balaban J connectivity index is 2.12. The van der Waals surface area contributed by atoms with Crippen LogP contribution in [-0.2, 0) is 7.05 Å². The summed E-state index contributed by atoms with van der Waals surface area (Å²) in [5.74, 6) is 0. The molecule has 0 spiro atoms. The lowest BCUT2D eigenvalue weighted by Gasteiger charge is -2.44. The third-order valence-corrected chi connectivity index (χ3v) is 5.27. The molecule has 1 aromatic heterocycles. The number of hydrogen-bond donors (Lipinski definition) is 1. The lowest BCUT2D eigenvalue weighted by atomic mass is 9.73. The van der Waals surface area contributed by atoms with Crippen molar-refractivity contribution in [2.45, 2.75) is 56.5 Å². The fourth-order valence-electron chi connectivity index (χ4n) is 2.87. The second-order valence-electron chi connectivity index (χ2n) is 5.74. The molecule has 0 radical (unpaired) electrons. The van der Waals surface area contributed by atoms with Gasteiger partial charge in [0.15, 0.2) is 5.16 Å². The summed E-state index contributed by atoms with van der Waals surface area (Å²) in [5, 5.41) is 9.45. The normalized spacial score (nSPS) is 27.3. The summed E-state index contributed by atoms with van der Waals surface area (Å²) in [4.78, 5) is 4.34. The van der Waals surface area contributed by atoms with Crippen LogP contribution in [0.25, 0.3) is 0 Å². The van der Waals surface area contributed by atoms with E-state index < -0.39 is 0 Å². The highest BCUT2D eigenvalue weighted by Crippen LogP contribution is 2.42. The summed E-state index contributed by atoms with van der Waals surface area (Å²) in [6.45, 7) is 7.98. The fourth-order valence-corrected chi connectivity index (χ4v) is 4.33. The molecular weight excluding hydrogens is 244 g/mol. The van der Waals surface area contributed by atoms with Gasteiger partial charge in [0.2, 0.25) is 0 Å². The van der Waals surface area contributed by atoms with Crippen molar-refractivity contribution in [1.29, 1.82) is 0 Å². The quantitative estimate of drug-likeness (QED) is 0.911. The molecule has 1 aliphatic rings. The van der Waals surface area contributed by atoms with E-state index in [-0.39, 0.29) is 0 Å². The van der Waals surface area contributed by atoms with Crippen molar-refractivity contribution in [3.63, 3.8) is 0 Å². The fraction of sp³-hybridized carbons (Fsp3) is 0.846. The average molecular weight is 268 g/mol.